The minimum atomic E-state index is 0.0417. The lowest BCUT2D eigenvalue weighted by atomic mass is 10.2. The lowest BCUT2D eigenvalue weighted by molar-refractivity contribution is -0.107. The smallest absolute Gasteiger partial charge is 0.215 e. The van der Waals surface area contributed by atoms with Gasteiger partial charge in [0.25, 0.3) is 0 Å². The molecule has 0 atom stereocenters. The lowest BCUT2D eigenvalue weighted by Crippen LogP contribution is -2.15. The zero-order valence-corrected chi connectivity index (χ0v) is 14.4. The highest BCUT2D eigenvalue weighted by Crippen LogP contribution is 2.08. The zero-order valence-electron chi connectivity index (χ0n) is 14.4. The van der Waals surface area contributed by atoms with E-state index in [9.17, 15) is 4.79 Å². The van der Waals surface area contributed by atoms with E-state index in [1.54, 1.807) is 20.2 Å². The number of aliphatic hydroxyl groups excluding tert-OH is 1. The Hall–Kier alpha value is -1.46. The third-order valence-electron chi connectivity index (χ3n) is 2.29. The molecule has 0 aliphatic carbocycles. The van der Waals surface area contributed by atoms with Gasteiger partial charge in [-0.2, -0.15) is 0 Å². The third-order valence-corrected chi connectivity index (χ3v) is 2.29. The Kier molecular flexibility index (Phi) is 12.8. The largest absolute Gasteiger partial charge is 0.396 e. The van der Waals surface area contributed by atoms with Crippen LogP contribution in [0.5, 0.6) is 0 Å². The molecule has 0 saturated heterocycles. The van der Waals surface area contributed by atoms with Crippen LogP contribution in [-0.4, -0.2) is 42.9 Å². The Labute approximate surface area is 129 Å². The Morgan fingerprint density at radius 1 is 1.33 bits per heavy atom. The van der Waals surface area contributed by atoms with Crippen molar-refractivity contribution >= 4 is 12.2 Å². The zero-order chi connectivity index (χ0) is 16.9. The topological polar surface area (TPSA) is 62.7 Å². The summed E-state index contributed by atoms with van der Waals surface area (Å²) in [5.74, 6) is 0.598. The standard InChI is InChI=1S/C9H12N2O2.C5H12O.C2H6/c1-11(7-13)9-4-2-3-8(10-9)5-6-12;1-5(2,3)6-4;1-2/h2-4,7,12H,5-6H2,1H3;1-4H3;1-2H3. The van der Waals surface area contributed by atoms with E-state index in [0.29, 0.717) is 18.6 Å². The van der Waals surface area contributed by atoms with Gasteiger partial charge >= 0.3 is 0 Å². The number of aliphatic hydroxyl groups is 1. The SMILES string of the molecule is CC.CN(C=O)c1cccc(CCO)n1.COC(C)(C)C. The molecule has 0 unspecified atom stereocenters. The normalized spacial score (nSPS) is 9.71. The van der Waals surface area contributed by atoms with Gasteiger partial charge in [0.1, 0.15) is 5.82 Å². The molecule has 5 heteroatoms. The average molecular weight is 298 g/mol. The van der Waals surface area contributed by atoms with Crippen molar-refractivity contribution in [3.05, 3.63) is 23.9 Å². The number of carbonyl (C=O) groups excluding carboxylic acids is 1. The van der Waals surface area contributed by atoms with Crippen molar-refractivity contribution in [3.8, 4) is 0 Å². The number of rotatable bonds is 4. The molecule has 1 heterocycles. The lowest BCUT2D eigenvalue weighted by Gasteiger charge is -2.14. The molecule has 0 radical (unpaired) electrons. The van der Waals surface area contributed by atoms with Gasteiger partial charge in [0, 0.05) is 32.9 Å². The molecule has 1 N–H and O–H groups in total. The summed E-state index contributed by atoms with van der Waals surface area (Å²) < 4.78 is 4.94. The van der Waals surface area contributed by atoms with Crippen LogP contribution in [0.25, 0.3) is 0 Å². The molecule has 0 aliphatic rings. The molecule has 0 saturated carbocycles. The Bertz CT molecular complexity index is 376. The van der Waals surface area contributed by atoms with Crippen LogP contribution in [0.1, 0.15) is 40.3 Å². The minimum absolute atomic E-state index is 0.0417. The Morgan fingerprint density at radius 3 is 2.24 bits per heavy atom. The van der Waals surface area contributed by atoms with Crippen LogP contribution in [0.3, 0.4) is 0 Å². The van der Waals surface area contributed by atoms with E-state index in [4.69, 9.17) is 9.84 Å². The fraction of sp³-hybridized carbons (Fsp3) is 0.625. The molecule has 0 fully saturated rings. The first-order chi connectivity index (χ1) is 9.84. The summed E-state index contributed by atoms with van der Waals surface area (Å²) in [6.45, 7) is 10.1. The van der Waals surface area contributed by atoms with E-state index in [1.165, 1.54) is 4.90 Å². The number of methoxy groups -OCH3 is 1. The summed E-state index contributed by atoms with van der Waals surface area (Å²) in [7, 11) is 3.35. The van der Waals surface area contributed by atoms with E-state index in [2.05, 4.69) is 4.98 Å². The van der Waals surface area contributed by atoms with Gasteiger partial charge in [0.2, 0.25) is 6.41 Å². The number of nitrogens with zero attached hydrogens (tertiary/aromatic N) is 2. The van der Waals surface area contributed by atoms with Gasteiger partial charge in [-0.3, -0.25) is 4.79 Å². The van der Waals surface area contributed by atoms with Gasteiger partial charge in [-0.15, -0.1) is 0 Å². The molecule has 0 aliphatic heterocycles. The van der Waals surface area contributed by atoms with Gasteiger partial charge < -0.3 is 14.7 Å². The van der Waals surface area contributed by atoms with E-state index in [1.807, 2.05) is 46.8 Å². The highest BCUT2D eigenvalue weighted by molar-refractivity contribution is 5.71. The summed E-state index contributed by atoms with van der Waals surface area (Å²) in [6, 6.07) is 5.38. The first-order valence-electron chi connectivity index (χ1n) is 7.14. The average Bonchev–Trinajstić information content (AvgIpc) is 2.49. The maximum Gasteiger partial charge on any atom is 0.215 e. The number of hydrogen-bond donors (Lipinski definition) is 1. The second kappa shape index (κ2) is 12.3. The Morgan fingerprint density at radius 2 is 1.86 bits per heavy atom. The molecular weight excluding hydrogens is 268 g/mol. The Balaban J connectivity index is 0. The van der Waals surface area contributed by atoms with Crippen molar-refractivity contribution in [1.29, 1.82) is 0 Å². The molecular formula is C16H30N2O3. The second-order valence-electron chi connectivity index (χ2n) is 4.99. The quantitative estimate of drug-likeness (QED) is 0.868. The molecule has 1 aromatic heterocycles. The summed E-state index contributed by atoms with van der Waals surface area (Å²) in [6.07, 6.45) is 1.21. The van der Waals surface area contributed by atoms with E-state index in [-0.39, 0.29) is 12.2 Å². The van der Waals surface area contributed by atoms with Crippen molar-refractivity contribution in [2.75, 3.05) is 25.7 Å². The van der Waals surface area contributed by atoms with Crippen LogP contribution in [0.2, 0.25) is 0 Å². The fourth-order valence-corrected chi connectivity index (χ4v) is 0.971. The van der Waals surface area contributed by atoms with Crippen molar-refractivity contribution in [1.82, 2.24) is 4.98 Å². The molecule has 1 rings (SSSR count). The molecule has 5 nitrogen and oxygen atoms in total. The number of pyridine rings is 1. The van der Waals surface area contributed by atoms with Crippen LogP contribution in [0.4, 0.5) is 5.82 Å². The van der Waals surface area contributed by atoms with Crippen LogP contribution < -0.4 is 4.90 Å². The van der Waals surface area contributed by atoms with Crippen LogP contribution in [-0.2, 0) is 16.0 Å². The predicted octanol–water partition coefficient (Wildman–Crippen LogP) is 2.67. The van der Waals surface area contributed by atoms with Gasteiger partial charge in [0.15, 0.2) is 0 Å². The predicted molar refractivity (Wildman–Crippen MR) is 87.6 cm³/mol. The summed E-state index contributed by atoms with van der Waals surface area (Å²) in [5.41, 5.74) is 0.828. The van der Waals surface area contributed by atoms with Crippen LogP contribution in [0.15, 0.2) is 18.2 Å². The molecule has 1 amide bonds. The van der Waals surface area contributed by atoms with Gasteiger partial charge in [-0.1, -0.05) is 19.9 Å². The maximum absolute atomic E-state index is 10.4. The first-order valence-corrected chi connectivity index (χ1v) is 7.14. The van der Waals surface area contributed by atoms with Crippen molar-refractivity contribution < 1.29 is 14.6 Å². The second-order valence-corrected chi connectivity index (χ2v) is 4.99. The van der Waals surface area contributed by atoms with E-state index < -0.39 is 0 Å². The number of amides is 1. The van der Waals surface area contributed by atoms with Crippen LogP contribution >= 0.6 is 0 Å². The van der Waals surface area contributed by atoms with E-state index >= 15 is 0 Å². The van der Waals surface area contributed by atoms with E-state index in [0.717, 1.165) is 5.69 Å². The van der Waals surface area contributed by atoms with Gasteiger partial charge in [0.05, 0.1) is 5.60 Å². The minimum Gasteiger partial charge on any atom is -0.396 e. The summed E-state index contributed by atoms with van der Waals surface area (Å²) in [4.78, 5) is 16.0. The third kappa shape index (κ3) is 12.0. The summed E-state index contributed by atoms with van der Waals surface area (Å²) >= 11 is 0. The van der Waals surface area contributed by atoms with Gasteiger partial charge in [-0.25, -0.2) is 4.98 Å². The monoisotopic (exact) mass is 298 g/mol. The molecule has 1 aromatic rings. The number of carbonyl (C=O) groups is 1. The number of hydrogen-bond acceptors (Lipinski definition) is 4. The maximum atomic E-state index is 10.4. The summed E-state index contributed by atoms with van der Waals surface area (Å²) in [5, 5.41) is 8.68. The highest BCUT2D eigenvalue weighted by Gasteiger charge is 2.04. The highest BCUT2D eigenvalue weighted by atomic mass is 16.5. The van der Waals surface area contributed by atoms with Crippen LogP contribution in [0, 0.1) is 0 Å². The van der Waals surface area contributed by atoms with Gasteiger partial charge in [-0.05, 0) is 32.9 Å². The number of ether oxygens (including phenoxy) is 1. The van der Waals surface area contributed by atoms with Crippen molar-refractivity contribution in [2.24, 2.45) is 0 Å². The number of aromatic nitrogens is 1. The fourth-order valence-electron chi connectivity index (χ4n) is 0.971. The molecule has 0 bridgehead atoms. The first kappa shape index (κ1) is 21.8. The molecule has 0 spiro atoms. The molecule has 122 valence electrons. The number of anilines is 1. The molecule has 0 aromatic carbocycles. The van der Waals surface area contributed by atoms with Crippen molar-refractivity contribution in [2.45, 2.75) is 46.6 Å². The van der Waals surface area contributed by atoms with Crippen molar-refractivity contribution in [3.63, 3.8) is 0 Å². The molecule has 21 heavy (non-hydrogen) atoms.